The van der Waals surface area contributed by atoms with Gasteiger partial charge in [0, 0.05) is 18.5 Å². The van der Waals surface area contributed by atoms with Crippen LogP contribution < -0.4 is 0 Å². The number of carboxylic acids is 1. The number of rotatable bonds is 2. The second-order valence-corrected chi connectivity index (χ2v) is 6.01. The molecule has 1 amide bonds. The first-order valence-electron chi connectivity index (χ1n) is 5.87. The molecule has 0 bridgehead atoms. The number of carbonyl (C=O) groups excluding carboxylic acids is 1. The Morgan fingerprint density at radius 3 is 2.83 bits per heavy atom. The molecule has 0 saturated carbocycles. The number of nitrogens with zero attached hydrogens (tertiary/aromatic N) is 2. The van der Waals surface area contributed by atoms with E-state index in [4.69, 9.17) is 0 Å². The van der Waals surface area contributed by atoms with Gasteiger partial charge in [0.2, 0.25) is 0 Å². The average Bonchev–Trinajstić information content (AvgIpc) is 2.75. The zero-order valence-electron chi connectivity index (χ0n) is 10.5. The van der Waals surface area contributed by atoms with Gasteiger partial charge in [-0.1, -0.05) is 0 Å². The summed E-state index contributed by atoms with van der Waals surface area (Å²) in [5.41, 5.74) is -0.411. The number of carbonyl (C=O) groups is 2. The van der Waals surface area contributed by atoms with Crippen molar-refractivity contribution >= 4 is 23.2 Å². The number of piperidine rings is 1. The maximum Gasteiger partial charge on any atom is 0.311 e. The largest absolute Gasteiger partial charge is 0.481 e. The molecule has 2 heterocycles. The fraction of sp³-hybridized carbons (Fsp3) is 0.583. The number of aromatic nitrogens is 1. The van der Waals surface area contributed by atoms with Crippen molar-refractivity contribution in [1.29, 1.82) is 0 Å². The molecule has 1 fully saturated rings. The molecule has 2 rings (SSSR count). The van der Waals surface area contributed by atoms with Crippen molar-refractivity contribution in [2.45, 2.75) is 26.7 Å². The van der Waals surface area contributed by atoms with E-state index < -0.39 is 11.4 Å². The van der Waals surface area contributed by atoms with E-state index >= 15 is 0 Å². The summed E-state index contributed by atoms with van der Waals surface area (Å²) < 4.78 is 0. The molecule has 18 heavy (non-hydrogen) atoms. The third-order valence-electron chi connectivity index (χ3n) is 3.34. The molecule has 1 aromatic rings. The molecular formula is C12H16N2O3S. The van der Waals surface area contributed by atoms with Crippen LogP contribution in [0, 0.1) is 12.3 Å². The molecule has 0 spiro atoms. The monoisotopic (exact) mass is 268 g/mol. The SMILES string of the molecule is Cc1nc(C(=O)N2CCCC(C)(C(=O)O)C2)cs1. The van der Waals surface area contributed by atoms with Crippen LogP contribution in [0.1, 0.15) is 35.3 Å². The lowest BCUT2D eigenvalue weighted by Crippen LogP contribution is -2.48. The van der Waals surface area contributed by atoms with Gasteiger partial charge in [0.25, 0.3) is 5.91 Å². The van der Waals surface area contributed by atoms with Crippen LogP contribution in [0.4, 0.5) is 0 Å². The summed E-state index contributed by atoms with van der Waals surface area (Å²) in [6.07, 6.45) is 1.33. The molecule has 1 N–H and O–H groups in total. The van der Waals surface area contributed by atoms with Crippen molar-refractivity contribution in [2.24, 2.45) is 5.41 Å². The van der Waals surface area contributed by atoms with E-state index in [2.05, 4.69) is 4.98 Å². The first kappa shape index (κ1) is 13.0. The molecule has 1 aliphatic heterocycles. The highest BCUT2D eigenvalue weighted by atomic mass is 32.1. The number of aryl methyl sites for hydroxylation is 1. The Labute approximate surface area is 109 Å². The Morgan fingerprint density at radius 2 is 2.28 bits per heavy atom. The smallest absolute Gasteiger partial charge is 0.311 e. The number of thiazole rings is 1. The van der Waals surface area contributed by atoms with Crippen LogP contribution in [-0.2, 0) is 4.79 Å². The first-order chi connectivity index (χ1) is 8.42. The highest BCUT2D eigenvalue weighted by Gasteiger charge is 2.39. The Bertz CT molecular complexity index is 485. The van der Waals surface area contributed by atoms with Crippen LogP contribution in [0.3, 0.4) is 0 Å². The lowest BCUT2D eigenvalue weighted by atomic mass is 9.82. The fourth-order valence-electron chi connectivity index (χ4n) is 2.21. The number of aliphatic carboxylic acids is 1. The zero-order chi connectivity index (χ0) is 13.3. The van der Waals surface area contributed by atoms with E-state index in [-0.39, 0.29) is 12.5 Å². The fourth-order valence-corrected chi connectivity index (χ4v) is 2.80. The summed E-state index contributed by atoms with van der Waals surface area (Å²) in [4.78, 5) is 29.2. The van der Waals surface area contributed by atoms with Crippen LogP contribution in [0.5, 0.6) is 0 Å². The second-order valence-electron chi connectivity index (χ2n) is 4.95. The Kier molecular flexibility index (Phi) is 3.38. The molecule has 5 nitrogen and oxygen atoms in total. The number of hydrogen-bond donors (Lipinski definition) is 1. The summed E-state index contributed by atoms with van der Waals surface area (Å²) in [6, 6.07) is 0. The van der Waals surface area contributed by atoms with E-state index in [0.717, 1.165) is 11.4 Å². The van der Waals surface area contributed by atoms with Gasteiger partial charge in [-0.2, -0.15) is 0 Å². The topological polar surface area (TPSA) is 70.5 Å². The molecule has 0 radical (unpaired) electrons. The van der Waals surface area contributed by atoms with Gasteiger partial charge in [-0.05, 0) is 26.7 Å². The van der Waals surface area contributed by atoms with E-state index in [1.807, 2.05) is 6.92 Å². The van der Waals surface area contributed by atoms with Gasteiger partial charge in [-0.15, -0.1) is 11.3 Å². The first-order valence-corrected chi connectivity index (χ1v) is 6.75. The minimum Gasteiger partial charge on any atom is -0.481 e. The molecule has 1 unspecified atom stereocenters. The number of hydrogen-bond acceptors (Lipinski definition) is 4. The molecule has 1 atom stereocenters. The lowest BCUT2D eigenvalue weighted by Gasteiger charge is -2.37. The molecule has 98 valence electrons. The summed E-state index contributed by atoms with van der Waals surface area (Å²) >= 11 is 1.43. The van der Waals surface area contributed by atoms with Crippen LogP contribution >= 0.6 is 11.3 Å². The molecule has 1 aliphatic rings. The van der Waals surface area contributed by atoms with Crippen LogP contribution in [0.2, 0.25) is 0 Å². The maximum absolute atomic E-state index is 12.2. The number of likely N-dealkylation sites (tertiary alicyclic amines) is 1. The molecule has 1 aromatic heterocycles. The summed E-state index contributed by atoms with van der Waals surface area (Å²) in [6.45, 7) is 4.41. The summed E-state index contributed by atoms with van der Waals surface area (Å²) in [7, 11) is 0. The van der Waals surface area contributed by atoms with Crippen LogP contribution in [-0.4, -0.2) is 40.0 Å². The predicted octanol–water partition coefficient (Wildman–Crippen LogP) is 1.78. The lowest BCUT2D eigenvalue weighted by molar-refractivity contribution is -0.150. The number of amides is 1. The van der Waals surface area contributed by atoms with Crippen molar-refractivity contribution in [3.8, 4) is 0 Å². The highest BCUT2D eigenvalue weighted by Crippen LogP contribution is 2.30. The van der Waals surface area contributed by atoms with Gasteiger partial charge < -0.3 is 10.0 Å². The molecule has 0 aliphatic carbocycles. The highest BCUT2D eigenvalue weighted by molar-refractivity contribution is 7.09. The third kappa shape index (κ3) is 2.38. The average molecular weight is 268 g/mol. The summed E-state index contributed by atoms with van der Waals surface area (Å²) in [5, 5.41) is 11.8. The molecule has 6 heteroatoms. The minimum absolute atomic E-state index is 0.161. The van der Waals surface area contributed by atoms with E-state index in [1.54, 1.807) is 17.2 Å². The normalized spacial score (nSPS) is 24.0. The van der Waals surface area contributed by atoms with Gasteiger partial charge in [0.1, 0.15) is 5.69 Å². The van der Waals surface area contributed by atoms with Crippen LogP contribution in [0.15, 0.2) is 5.38 Å². The van der Waals surface area contributed by atoms with Crippen molar-refractivity contribution in [1.82, 2.24) is 9.88 Å². The zero-order valence-corrected chi connectivity index (χ0v) is 11.3. The Balaban J connectivity index is 2.14. The maximum atomic E-state index is 12.2. The molecule has 1 saturated heterocycles. The van der Waals surface area contributed by atoms with Gasteiger partial charge in [0.05, 0.1) is 10.4 Å². The minimum atomic E-state index is -0.838. The van der Waals surface area contributed by atoms with Gasteiger partial charge in [-0.3, -0.25) is 9.59 Å². The third-order valence-corrected chi connectivity index (χ3v) is 4.11. The van der Waals surface area contributed by atoms with Gasteiger partial charge in [-0.25, -0.2) is 4.98 Å². The Hall–Kier alpha value is -1.43. The van der Waals surface area contributed by atoms with Crippen LogP contribution in [0.25, 0.3) is 0 Å². The van der Waals surface area contributed by atoms with Crippen molar-refractivity contribution < 1.29 is 14.7 Å². The van der Waals surface area contributed by atoms with E-state index in [9.17, 15) is 14.7 Å². The summed E-state index contributed by atoms with van der Waals surface area (Å²) in [5.74, 6) is -0.999. The van der Waals surface area contributed by atoms with Gasteiger partial charge in [0.15, 0.2) is 0 Å². The number of carboxylic acid groups (broad SMARTS) is 1. The second kappa shape index (κ2) is 4.68. The van der Waals surface area contributed by atoms with Crippen molar-refractivity contribution in [2.75, 3.05) is 13.1 Å². The quantitative estimate of drug-likeness (QED) is 0.887. The van der Waals surface area contributed by atoms with E-state index in [1.165, 1.54) is 11.3 Å². The van der Waals surface area contributed by atoms with E-state index in [0.29, 0.717) is 18.7 Å². The van der Waals surface area contributed by atoms with Gasteiger partial charge >= 0.3 is 5.97 Å². The van der Waals surface area contributed by atoms with Crippen molar-refractivity contribution in [3.63, 3.8) is 0 Å². The Morgan fingerprint density at radius 1 is 1.56 bits per heavy atom. The molecular weight excluding hydrogens is 252 g/mol. The standard InChI is InChI=1S/C12H16N2O3S/c1-8-13-9(6-18-8)10(15)14-5-3-4-12(2,7-14)11(16)17/h6H,3-5,7H2,1-2H3,(H,16,17). The van der Waals surface area contributed by atoms with Crippen molar-refractivity contribution in [3.05, 3.63) is 16.1 Å². The molecule has 0 aromatic carbocycles. The predicted molar refractivity (Wildman–Crippen MR) is 67.7 cm³/mol.